The molecular weight excluding hydrogens is 414 g/mol. The van der Waals surface area contributed by atoms with Crippen LogP contribution < -0.4 is 64.2 Å². The van der Waals surface area contributed by atoms with E-state index >= 15 is 0 Å². The van der Waals surface area contributed by atoms with Crippen molar-refractivity contribution in [3.8, 4) is 0 Å². The minimum Gasteiger partial charge on any atom is -0.742 e. The van der Waals surface area contributed by atoms with Gasteiger partial charge in [-0.15, -0.1) is 0 Å². The molecule has 29 heavy (non-hydrogen) atoms. The van der Waals surface area contributed by atoms with Crippen molar-refractivity contribution in [2.24, 2.45) is 17.3 Å². The van der Waals surface area contributed by atoms with Crippen LogP contribution in [0.1, 0.15) is 98.3 Å². The van der Waals surface area contributed by atoms with Crippen LogP contribution in [-0.4, -0.2) is 24.1 Å². The summed E-state index contributed by atoms with van der Waals surface area (Å²) in [5.74, 6) is -1.49. The first-order valence-corrected chi connectivity index (χ1v) is 11.7. The summed E-state index contributed by atoms with van der Waals surface area (Å²) in [5, 5.41) is 9.99. The number of carbonyl (C=O) groups is 2. The number of carboxylic acids is 1. The maximum absolute atomic E-state index is 12.7. The summed E-state index contributed by atoms with van der Waals surface area (Å²) < 4.78 is 34.8. The van der Waals surface area contributed by atoms with Crippen LogP contribution in [0.5, 0.6) is 0 Å². The Morgan fingerprint density at radius 1 is 0.862 bits per heavy atom. The van der Waals surface area contributed by atoms with Gasteiger partial charge < -0.3 is 14.5 Å². The molecule has 9 heteroatoms. The molecule has 0 radical (unpaired) electrons. The monoisotopic (exact) mass is 450 g/mol. The summed E-state index contributed by atoms with van der Waals surface area (Å²) in [4.78, 5) is 24.1. The van der Waals surface area contributed by atoms with Gasteiger partial charge in [-0.1, -0.05) is 79.1 Å². The molecule has 160 valence electrons. The van der Waals surface area contributed by atoms with Crippen molar-refractivity contribution in [2.45, 2.75) is 98.3 Å². The van der Waals surface area contributed by atoms with Crippen molar-refractivity contribution < 1.29 is 86.8 Å². The minimum atomic E-state index is -5.23. The van der Waals surface area contributed by atoms with Gasteiger partial charge in [0.25, 0.3) is 0 Å². The molecule has 0 aromatic rings. The molecule has 0 aliphatic rings. The van der Waals surface area contributed by atoms with Crippen LogP contribution in [0.25, 0.3) is 0 Å². The van der Waals surface area contributed by atoms with E-state index in [0.29, 0.717) is 12.8 Å². The second-order valence-corrected chi connectivity index (χ2v) is 9.09. The third-order valence-corrected chi connectivity index (χ3v) is 6.48. The van der Waals surface area contributed by atoms with Crippen LogP contribution in [0.15, 0.2) is 0 Å². The number of hydrogen-bond donors (Lipinski definition) is 0. The van der Waals surface area contributed by atoms with Crippen molar-refractivity contribution in [1.82, 2.24) is 0 Å². The number of rotatable bonds is 15. The molecule has 0 amide bonds. The van der Waals surface area contributed by atoms with E-state index in [9.17, 15) is 27.7 Å². The molecule has 6 nitrogen and oxygen atoms in total. The van der Waals surface area contributed by atoms with Crippen LogP contribution >= 0.6 is 0 Å². The molecule has 0 fully saturated rings. The normalized spacial score (nSPS) is 15.3. The number of unbranched alkanes of at least 4 members (excludes halogenated alkanes) is 2. The number of aliphatic carboxylic acids is 1. The predicted molar refractivity (Wildman–Crippen MR) is 103 cm³/mol. The summed E-state index contributed by atoms with van der Waals surface area (Å²) in [5.41, 5.74) is -1.69. The van der Waals surface area contributed by atoms with Crippen molar-refractivity contribution >= 4 is 21.2 Å². The Balaban J connectivity index is -0.00000338. The van der Waals surface area contributed by atoms with Gasteiger partial charge >= 0.3 is 59.1 Å². The summed E-state index contributed by atoms with van der Waals surface area (Å²) in [6.45, 7) is 7.95. The largest absolute Gasteiger partial charge is 1.00 e. The van der Waals surface area contributed by atoms with Crippen molar-refractivity contribution in [3.63, 3.8) is 0 Å². The summed E-state index contributed by atoms with van der Waals surface area (Å²) in [7, 11) is -5.23. The molecule has 0 heterocycles. The van der Waals surface area contributed by atoms with E-state index in [2.05, 4.69) is 0 Å². The molecule has 0 saturated heterocycles. The molecule has 0 aliphatic carbocycles. The van der Waals surface area contributed by atoms with E-state index in [-0.39, 0.29) is 83.8 Å². The zero-order chi connectivity index (χ0) is 21.1. The molecule has 0 aromatic heterocycles. The molecule has 0 aliphatic heterocycles. The summed E-state index contributed by atoms with van der Waals surface area (Å²) in [6.07, 6.45) is 6.19. The average molecular weight is 451 g/mol. The van der Waals surface area contributed by atoms with Crippen molar-refractivity contribution in [3.05, 3.63) is 0 Å². The molecule has 0 saturated carbocycles. The van der Waals surface area contributed by atoms with Gasteiger partial charge in [-0.05, 0) is 24.7 Å². The average Bonchev–Trinajstić information content (AvgIpc) is 2.59. The van der Waals surface area contributed by atoms with Gasteiger partial charge in [-0.3, -0.25) is 4.79 Å². The number of carboxylic acid groups (broad SMARTS) is 1. The Kier molecular flexibility index (Phi) is 21.0. The topological polar surface area (TPSA) is 114 Å². The first-order valence-electron chi connectivity index (χ1n) is 10.3. The Labute approximate surface area is 221 Å². The SMILES string of the molecule is CCCCC(CC)CC(CC(=O)[O-])(CC(CC)CCCC)C(=O)S(=O)(=O)[O-].[Na+].[Na+]. The minimum absolute atomic E-state index is 0. The first kappa shape index (κ1) is 34.7. The molecule has 0 N–H and O–H groups in total. The molecule has 2 atom stereocenters. The second kappa shape index (κ2) is 17.6. The first-order chi connectivity index (χ1) is 12.6. The molecule has 2 unspecified atom stereocenters. The predicted octanol–water partition coefficient (Wildman–Crippen LogP) is -2.59. The zero-order valence-corrected chi connectivity index (χ0v) is 24.1. The fraction of sp³-hybridized carbons (Fsp3) is 0.900. The maximum atomic E-state index is 12.7. The van der Waals surface area contributed by atoms with Crippen molar-refractivity contribution in [2.75, 3.05) is 0 Å². The molecule has 0 bridgehead atoms. The fourth-order valence-corrected chi connectivity index (χ4v) is 4.77. The van der Waals surface area contributed by atoms with E-state index in [1.54, 1.807) is 0 Å². The third kappa shape index (κ3) is 13.3. The number of carbonyl (C=O) groups excluding carboxylic acids is 2. The van der Waals surface area contributed by atoms with Crippen LogP contribution in [0, 0.1) is 17.3 Å². The molecule has 0 rings (SSSR count). The smallest absolute Gasteiger partial charge is 0.742 e. The van der Waals surface area contributed by atoms with Crippen LogP contribution in [0.4, 0.5) is 0 Å². The number of hydrogen-bond acceptors (Lipinski definition) is 6. The van der Waals surface area contributed by atoms with E-state index < -0.39 is 33.0 Å². The fourth-order valence-electron chi connectivity index (χ4n) is 4.00. The zero-order valence-electron chi connectivity index (χ0n) is 19.3. The second-order valence-electron chi connectivity index (χ2n) is 7.81. The molecule has 0 spiro atoms. The Morgan fingerprint density at radius 3 is 1.48 bits per heavy atom. The Bertz CT molecular complexity index is 547. The van der Waals surface area contributed by atoms with Gasteiger partial charge in [0.15, 0.2) is 10.1 Å². The van der Waals surface area contributed by atoms with E-state index in [1.807, 2.05) is 27.7 Å². The van der Waals surface area contributed by atoms with Gasteiger partial charge in [0.1, 0.15) is 0 Å². The standard InChI is InChI=1S/C20H38O6S.2Na/c1-5-9-11-16(7-3)13-20(15-18(21)22,19(23)27(24,25)26)14-17(8-4)12-10-6-2;;/h16-17H,5-15H2,1-4H3,(H,21,22)(H,24,25,26);;/q;2*+1/p-2. The third-order valence-electron chi connectivity index (χ3n) is 5.59. The van der Waals surface area contributed by atoms with Crippen LogP contribution in [0.3, 0.4) is 0 Å². The van der Waals surface area contributed by atoms with Crippen LogP contribution in [0.2, 0.25) is 0 Å². The van der Waals surface area contributed by atoms with E-state index in [0.717, 1.165) is 38.5 Å². The van der Waals surface area contributed by atoms with Gasteiger partial charge in [-0.2, -0.15) is 0 Å². The quantitative estimate of drug-likeness (QED) is 0.200. The van der Waals surface area contributed by atoms with Crippen LogP contribution in [-0.2, 0) is 19.7 Å². The van der Waals surface area contributed by atoms with Gasteiger partial charge in [-0.25, -0.2) is 8.42 Å². The van der Waals surface area contributed by atoms with E-state index in [4.69, 9.17) is 0 Å². The summed E-state index contributed by atoms with van der Waals surface area (Å²) >= 11 is 0. The van der Waals surface area contributed by atoms with Gasteiger partial charge in [0.2, 0.25) is 5.12 Å². The Hall–Kier alpha value is 1.05. The van der Waals surface area contributed by atoms with Crippen molar-refractivity contribution in [1.29, 1.82) is 0 Å². The Morgan fingerprint density at radius 2 is 1.24 bits per heavy atom. The van der Waals surface area contributed by atoms with Gasteiger partial charge in [0, 0.05) is 17.8 Å². The molecular formula is C20H36Na2O6S. The summed E-state index contributed by atoms with van der Waals surface area (Å²) in [6, 6.07) is 0. The van der Waals surface area contributed by atoms with E-state index in [1.165, 1.54) is 0 Å². The van der Waals surface area contributed by atoms with Gasteiger partial charge in [0.05, 0.1) is 0 Å². The maximum Gasteiger partial charge on any atom is 1.00 e. The molecule has 0 aromatic carbocycles.